The molecule has 0 atom stereocenters. The average Bonchev–Trinajstić information content (AvgIpc) is 2.84. The molecule has 2 rings (SSSR count). The summed E-state index contributed by atoms with van der Waals surface area (Å²) in [5.41, 5.74) is 0.619. The lowest BCUT2D eigenvalue weighted by atomic mass is 10.2. The summed E-state index contributed by atoms with van der Waals surface area (Å²) in [7, 11) is 0. The molecule has 0 aliphatic heterocycles. The van der Waals surface area contributed by atoms with Gasteiger partial charge in [0.05, 0.1) is 0 Å². The molecule has 5 heteroatoms. The molecule has 0 unspecified atom stereocenters. The van der Waals surface area contributed by atoms with Crippen LogP contribution in [0.2, 0.25) is 0 Å². The number of rotatable bonds is 2. The number of phenolic OH excluding ortho intramolecular Hbond substituents is 2. The molecule has 5 nitrogen and oxygen atoms in total. The number of aromatic nitrogens is 2. The first-order chi connectivity index (χ1) is 8.16. The third-order valence-electron chi connectivity index (χ3n) is 2.18. The number of benzene rings is 1. The van der Waals surface area contributed by atoms with E-state index in [1.807, 2.05) is 0 Å². The van der Waals surface area contributed by atoms with E-state index in [1.165, 1.54) is 35.3 Å². The van der Waals surface area contributed by atoms with Gasteiger partial charge in [0, 0.05) is 18.5 Å². The summed E-state index contributed by atoms with van der Waals surface area (Å²) in [6.45, 7) is 0. The van der Waals surface area contributed by atoms with Crippen LogP contribution in [0.1, 0.15) is 10.4 Å². The Morgan fingerprint density at radius 1 is 1.29 bits per heavy atom. The van der Waals surface area contributed by atoms with E-state index >= 15 is 0 Å². The second-order valence-electron chi connectivity index (χ2n) is 3.39. The Balaban J connectivity index is 2.15. The van der Waals surface area contributed by atoms with Crippen molar-refractivity contribution in [3.8, 4) is 11.5 Å². The van der Waals surface area contributed by atoms with Crippen molar-refractivity contribution in [2.45, 2.75) is 0 Å². The molecule has 0 saturated carbocycles. The number of imidazole rings is 1. The van der Waals surface area contributed by atoms with E-state index in [1.54, 1.807) is 18.3 Å². The average molecular weight is 230 g/mol. The van der Waals surface area contributed by atoms with Crippen molar-refractivity contribution in [2.24, 2.45) is 0 Å². The lowest BCUT2D eigenvalue weighted by Crippen LogP contribution is -2.03. The van der Waals surface area contributed by atoms with Crippen LogP contribution in [-0.4, -0.2) is 25.7 Å². The standard InChI is InChI=1S/C12H10N2O3/c15-10-3-1-9(7-11(10)16)2-4-12(17)14-6-5-13-8-14/h1-8,15-16H/b4-2+. The van der Waals surface area contributed by atoms with Crippen molar-refractivity contribution in [1.29, 1.82) is 0 Å². The molecule has 1 aromatic heterocycles. The molecule has 1 aromatic carbocycles. The van der Waals surface area contributed by atoms with Crippen LogP contribution in [0.25, 0.3) is 6.08 Å². The minimum atomic E-state index is -0.241. The van der Waals surface area contributed by atoms with Crippen molar-refractivity contribution < 1.29 is 15.0 Å². The minimum Gasteiger partial charge on any atom is -0.504 e. The molecule has 0 amide bonds. The highest BCUT2D eigenvalue weighted by Crippen LogP contribution is 2.25. The molecule has 0 spiro atoms. The molecule has 0 aliphatic carbocycles. The molecule has 1 heterocycles. The zero-order valence-corrected chi connectivity index (χ0v) is 8.82. The smallest absolute Gasteiger partial charge is 0.255 e. The molecule has 2 N–H and O–H groups in total. The van der Waals surface area contributed by atoms with Crippen molar-refractivity contribution >= 4 is 12.0 Å². The molecule has 86 valence electrons. The fourth-order valence-corrected chi connectivity index (χ4v) is 1.29. The maximum Gasteiger partial charge on any atom is 0.255 e. The Morgan fingerprint density at radius 2 is 2.12 bits per heavy atom. The molecule has 0 aliphatic rings. The van der Waals surface area contributed by atoms with E-state index in [2.05, 4.69) is 4.98 Å². The van der Waals surface area contributed by atoms with Crippen molar-refractivity contribution in [3.05, 3.63) is 48.6 Å². The van der Waals surface area contributed by atoms with Crippen molar-refractivity contribution in [3.63, 3.8) is 0 Å². The molecule has 0 radical (unpaired) electrons. The van der Waals surface area contributed by atoms with E-state index in [0.29, 0.717) is 5.56 Å². The summed E-state index contributed by atoms with van der Waals surface area (Å²) in [5.74, 6) is -0.652. The van der Waals surface area contributed by atoms with Crippen LogP contribution in [0.4, 0.5) is 0 Å². The van der Waals surface area contributed by atoms with Gasteiger partial charge in [-0.05, 0) is 23.8 Å². The van der Waals surface area contributed by atoms with Gasteiger partial charge in [-0.1, -0.05) is 6.07 Å². The lowest BCUT2D eigenvalue weighted by Gasteiger charge is -1.98. The van der Waals surface area contributed by atoms with Gasteiger partial charge in [-0.25, -0.2) is 4.98 Å². The van der Waals surface area contributed by atoms with E-state index in [0.717, 1.165) is 0 Å². The maximum absolute atomic E-state index is 11.6. The summed E-state index contributed by atoms with van der Waals surface area (Å²) in [5, 5.41) is 18.4. The second kappa shape index (κ2) is 4.52. The summed E-state index contributed by atoms with van der Waals surface area (Å²) < 4.78 is 1.33. The van der Waals surface area contributed by atoms with Gasteiger partial charge < -0.3 is 10.2 Å². The van der Waals surface area contributed by atoms with Crippen LogP contribution in [0.3, 0.4) is 0 Å². The zero-order valence-electron chi connectivity index (χ0n) is 8.82. The molecular weight excluding hydrogens is 220 g/mol. The Kier molecular flexibility index (Phi) is 2.91. The summed E-state index contributed by atoms with van der Waals surface area (Å²) in [4.78, 5) is 15.3. The normalized spacial score (nSPS) is 10.8. The Labute approximate surface area is 97.3 Å². The lowest BCUT2D eigenvalue weighted by molar-refractivity contribution is 0.0969. The van der Waals surface area contributed by atoms with E-state index in [9.17, 15) is 9.90 Å². The number of nitrogens with zero attached hydrogens (tertiary/aromatic N) is 2. The van der Waals surface area contributed by atoms with E-state index in [4.69, 9.17) is 5.11 Å². The fourth-order valence-electron chi connectivity index (χ4n) is 1.29. The van der Waals surface area contributed by atoms with Crippen LogP contribution in [0.5, 0.6) is 11.5 Å². The largest absolute Gasteiger partial charge is 0.504 e. The molecule has 2 aromatic rings. The number of hydrogen-bond acceptors (Lipinski definition) is 4. The monoisotopic (exact) mass is 230 g/mol. The maximum atomic E-state index is 11.6. The number of aromatic hydroxyl groups is 2. The summed E-state index contributed by atoms with van der Waals surface area (Å²) >= 11 is 0. The quantitative estimate of drug-likeness (QED) is 0.607. The second-order valence-corrected chi connectivity index (χ2v) is 3.39. The zero-order chi connectivity index (χ0) is 12.3. The highest BCUT2D eigenvalue weighted by atomic mass is 16.3. The van der Waals surface area contributed by atoms with Gasteiger partial charge >= 0.3 is 0 Å². The minimum absolute atomic E-state index is 0.192. The molecule has 0 fully saturated rings. The van der Waals surface area contributed by atoms with Crippen molar-refractivity contribution in [2.75, 3.05) is 0 Å². The van der Waals surface area contributed by atoms with Gasteiger partial charge in [-0.3, -0.25) is 9.36 Å². The fraction of sp³-hybridized carbons (Fsp3) is 0. The van der Waals surface area contributed by atoms with Crippen LogP contribution >= 0.6 is 0 Å². The number of carbonyl (C=O) groups is 1. The van der Waals surface area contributed by atoms with E-state index in [-0.39, 0.29) is 17.4 Å². The van der Waals surface area contributed by atoms with Crippen LogP contribution in [0, 0.1) is 0 Å². The highest BCUT2D eigenvalue weighted by molar-refractivity contribution is 5.93. The van der Waals surface area contributed by atoms with Gasteiger partial charge in [0.1, 0.15) is 6.33 Å². The first kappa shape index (κ1) is 10.9. The van der Waals surface area contributed by atoms with Crippen LogP contribution in [0.15, 0.2) is 43.0 Å². The van der Waals surface area contributed by atoms with Gasteiger partial charge in [-0.2, -0.15) is 0 Å². The molecular formula is C12H10N2O3. The molecule has 0 saturated heterocycles. The first-order valence-corrected chi connectivity index (χ1v) is 4.89. The predicted molar refractivity (Wildman–Crippen MR) is 61.7 cm³/mol. The third-order valence-corrected chi connectivity index (χ3v) is 2.18. The third kappa shape index (κ3) is 2.52. The van der Waals surface area contributed by atoms with Gasteiger partial charge in [0.2, 0.25) is 0 Å². The van der Waals surface area contributed by atoms with Crippen molar-refractivity contribution in [1.82, 2.24) is 9.55 Å². The van der Waals surface area contributed by atoms with Gasteiger partial charge in [-0.15, -0.1) is 0 Å². The Bertz CT molecular complexity index is 559. The first-order valence-electron chi connectivity index (χ1n) is 4.89. The Hall–Kier alpha value is -2.56. The number of carbonyl (C=O) groups excluding carboxylic acids is 1. The molecule has 0 bridgehead atoms. The van der Waals surface area contributed by atoms with Gasteiger partial charge in [0.15, 0.2) is 11.5 Å². The summed E-state index contributed by atoms with van der Waals surface area (Å²) in [6, 6.07) is 4.32. The van der Waals surface area contributed by atoms with Gasteiger partial charge in [0.25, 0.3) is 5.91 Å². The number of hydrogen-bond donors (Lipinski definition) is 2. The predicted octanol–water partition coefficient (Wildman–Crippen LogP) is 1.65. The molecule has 17 heavy (non-hydrogen) atoms. The number of phenols is 2. The number of allylic oxidation sites excluding steroid dienone is 1. The summed E-state index contributed by atoms with van der Waals surface area (Å²) in [6.07, 6.45) is 7.36. The van der Waals surface area contributed by atoms with Crippen LogP contribution < -0.4 is 0 Å². The topological polar surface area (TPSA) is 75.3 Å². The highest BCUT2D eigenvalue weighted by Gasteiger charge is 2.00. The Morgan fingerprint density at radius 3 is 2.76 bits per heavy atom. The van der Waals surface area contributed by atoms with E-state index < -0.39 is 0 Å². The SMILES string of the molecule is O=C(/C=C/c1ccc(O)c(O)c1)n1ccnc1. The van der Waals surface area contributed by atoms with Crippen LogP contribution in [-0.2, 0) is 0 Å².